The van der Waals surface area contributed by atoms with Crippen LogP contribution in [0.1, 0.15) is 11.3 Å². The Morgan fingerprint density at radius 1 is 1.26 bits per heavy atom. The third kappa shape index (κ3) is 3.08. The summed E-state index contributed by atoms with van der Waals surface area (Å²) in [6, 6.07) is 6.35. The van der Waals surface area contributed by atoms with E-state index in [9.17, 15) is 8.78 Å². The fourth-order valence-electron chi connectivity index (χ4n) is 1.65. The van der Waals surface area contributed by atoms with Gasteiger partial charge in [0.2, 0.25) is 0 Å². The van der Waals surface area contributed by atoms with Crippen molar-refractivity contribution in [2.75, 3.05) is 11.9 Å². The lowest BCUT2D eigenvalue weighted by atomic mass is 10.1. The van der Waals surface area contributed by atoms with Crippen LogP contribution in [0, 0.1) is 11.6 Å². The van der Waals surface area contributed by atoms with Crippen molar-refractivity contribution in [3.8, 4) is 0 Å². The van der Waals surface area contributed by atoms with E-state index in [1.807, 2.05) is 6.07 Å². The summed E-state index contributed by atoms with van der Waals surface area (Å²) < 4.78 is 32.5. The lowest BCUT2D eigenvalue weighted by Crippen LogP contribution is -2.14. The maximum Gasteiger partial charge on any atom is 0.182 e. The first-order chi connectivity index (χ1) is 9.09. The van der Waals surface area contributed by atoms with Gasteiger partial charge in [0.05, 0.1) is 12.0 Å². The molecular weight excluding hydrogens is 270 g/mol. The van der Waals surface area contributed by atoms with E-state index in [-0.39, 0.29) is 16.2 Å². The second kappa shape index (κ2) is 5.79. The molecule has 1 heterocycles. The van der Waals surface area contributed by atoms with Crippen molar-refractivity contribution in [3.63, 3.8) is 0 Å². The minimum Gasteiger partial charge on any atom is -0.469 e. The second-order valence-corrected chi connectivity index (χ2v) is 4.35. The summed E-state index contributed by atoms with van der Waals surface area (Å²) in [5.74, 6) is -1.24. The van der Waals surface area contributed by atoms with Crippen LogP contribution >= 0.6 is 12.2 Å². The Morgan fingerprint density at radius 3 is 2.68 bits per heavy atom. The first-order valence-electron chi connectivity index (χ1n) is 5.63. The fraction of sp³-hybridized carbons (Fsp3) is 0.154. The number of nitrogens with two attached hydrogens (primary N) is 1. The highest BCUT2D eigenvalue weighted by atomic mass is 32.1. The maximum atomic E-state index is 13.7. The number of nitrogens with one attached hydrogen (secondary N) is 1. The van der Waals surface area contributed by atoms with Crippen molar-refractivity contribution < 1.29 is 13.2 Å². The molecule has 0 unspecified atom stereocenters. The summed E-state index contributed by atoms with van der Waals surface area (Å²) in [6.07, 6.45) is 2.14. The number of hydrogen-bond donors (Lipinski definition) is 2. The van der Waals surface area contributed by atoms with Crippen LogP contribution in [-0.4, -0.2) is 11.5 Å². The number of anilines is 1. The van der Waals surface area contributed by atoms with Gasteiger partial charge in [-0.05, 0) is 24.3 Å². The van der Waals surface area contributed by atoms with Crippen LogP contribution in [0.5, 0.6) is 0 Å². The summed E-state index contributed by atoms with van der Waals surface area (Å²) in [7, 11) is 0. The summed E-state index contributed by atoms with van der Waals surface area (Å²) in [6.45, 7) is 0.427. The Hall–Kier alpha value is -1.95. The molecule has 0 aliphatic carbocycles. The lowest BCUT2D eigenvalue weighted by molar-refractivity contribution is 0.505. The highest BCUT2D eigenvalue weighted by molar-refractivity contribution is 7.80. The van der Waals surface area contributed by atoms with Crippen molar-refractivity contribution in [3.05, 3.63) is 53.5 Å². The topological polar surface area (TPSA) is 51.2 Å². The van der Waals surface area contributed by atoms with Gasteiger partial charge in [-0.1, -0.05) is 12.2 Å². The third-order valence-corrected chi connectivity index (χ3v) is 2.83. The van der Waals surface area contributed by atoms with Gasteiger partial charge in [0.1, 0.15) is 10.7 Å². The van der Waals surface area contributed by atoms with Crippen molar-refractivity contribution in [2.24, 2.45) is 5.73 Å². The van der Waals surface area contributed by atoms with E-state index in [0.717, 1.165) is 5.76 Å². The number of benzene rings is 1. The average Bonchev–Trinajstić information content (AvgIpc) is 2.87. The zero-order valence-electron chi connectivity index (χ0n) is 9.95. The Morgan fingerprint density at radius 2 is 2.05 bits per heavy atom. The van der Waals surface area contributed by atoms with Crippen LogP contribution < -0.4 is 11.1 Å². The molecule has 6 heteroatoms. The van der Waals surface area contributed by atoms with E-state index in [4.69, 9.17) is 10.2 Å². The van der Waals surface area contributed by atoms with Gasteiger partial charge >= 0.3 is 0 Å². The molecule has 0 saturated heterocycles. The van der Waals surface area contributed by atoms with Gasteiger partial charge in [0.25, 0.3) is 0 Å². The van der Waals surface area contributed by atoms with Gasteiger partial charge in [-0.3, -0.25) is 0 Å². The van der Waals surface area contributed by atoms with Gasteiger partial charge in [-0.2, -0.15) is 0 Å². The first-order valence-corrected chi connectivity index (χ1v) is 6.04. The van der Waals surface area contributed by atoms with E-state index in [1.165, 1.54) is 12.1 Å². The molecule has 1 aromatic carbocycles. The fourth-order valence-corrected chi connectivity index (χ4v) is 1.81. The van der Waals surface area contributed by atoms with Crippen LogP contribution in [0.25, 0.3) is 0 Å². The molecule has 0 spiro atoms. The summed E-state index contributed by atoms with van der Waals surface area (Å²) in [5, 5.41) is 2.80. The van der Waals surface area contributed by atoms with Gasteiger partial charge in [-0.15, -0.1) is 0 Å². The quantitative estimate of drug-likeness (QED) is 0.828. The number of rotatable bonds is 5. The van der Waals surface area contributed by atoms with E-state index in [2.05, 4.69) is 17.5 Å². The normalized spacial score (nSPS) is 10.4. The van der Waals surface area contributed by atoms with Crippen molar-refractivity contribution in [2.45, 2.75) is 6.42 Å². The smallest absolute Gasteiger partial charge is 0.182 e. The zero-order chi connectivity index (χ0) is 13.8. The Balaban J connectivity index is 2.05. The molecule has 2 rings (SSSR count). The van der Waals surface area contributed by atoms with Crippen LogP contribution in [0.4, 0.5) is 14.5 Å². The summed E-state index contributed by atoms with van der Waals surface area (Å²) >= 11 is 4.63. The number of thiocarbonyl (C=S) groups is 1. The summed E-state index contributed by atoms with van der Waals surface area (Å²) in [4.78, 5) is -0.168. The Labute approximate surface area is 114 Å². The zero-order valence-corrected chi connectivity index (χ0v) is 10.8. The van der Waals surface area contributed by atoms with Crippen molar-refractivity contribution in [1.82, 2.24) is 0 Å². The predicted molar refractivity (Wildman–Crippen MR) is 73.1 cm³/mol. The van der Waals surface area contributed by atoms with E-state index in [1.54, 1.807) is 12.3 Å². The SMILES string of the molecule is NC(=S)c1ccc(NCCc2ccco2)c(F)c1F. The number of hydrogen-bond acceptors (Lipinski definition) is 3. The molecule has 19 heavy (non-hydrogen) atoms. The monoisotopic (exact) mass is 282 g/mol. The molecule has 0 aliphatic heterocycles. The highest BCUT2D eigenvalue weighted by Crippen LogP contribution is 2.20. The van der Waals surface area contributed by atoms with Crippen molar-refractivity contribution >= 4 is 22.9 Å². The van der Waals surface area contributed by atoms with Gasteiger partial charge in [0.15, 0.2) is 11.6 Å². The molecule has 0 bridgehead atoms. The third-order valence-electron chi connectivity index (χ3n) is 2.61. The summed E-state index contributed by atoms with van der Waals surface area (Å²) in [5.41, 5.74) is 5.27. The predicted octanol–water partition coefficient (Wildman–Crippen LogP) is 2.85. The van der Waals surface area contributed by atoms with Gasteiger partial charge in [0, 0.05) is 18.5 Å². The molecule has 0 aliphatic rings. The van der Waals surface area contributed by atoms with E-state index in [0.29, 0.717) is 13.0 Å². The molecule has 0 atom stereocenters. The minimum atomic E-state index is -1.03. The Kier molecular flexibility index (Phi) is 4.11. The second-order valence-electron chi connectivity index (χ2n) is 3.91. The average molecular weight is 282 g/mol. The number of furan rings is 1. The van der Waals surface area contributed by atoms with Crippen LogP contribution in [0.3, 0.4) is 0 Å². The molecule has 3 N–H and O–H groups in total. The highest BCUT2D eigenvalue weighted by Gasteiger charge is 2.14. The van der Waals surface area contributed by atoms with Crippen LogP contribution in [-0.2, 0) is 6.42 Å². The minimum absolute atomic E-state index is 0.0732. The molecule has 0 saturated carbocycles. The standard InChI is InChI=1S/C13H12F2N2OS/c14-11-9(13(16)19)3-4-10(12(11)15)17-6-5-8-2-1-7-18-8/h1-4,7,17H,5-6H2,(H2,16,19). The lowest BCUT2D eigenvalue weighted by Gasteiger charge is -2.09. The van der Waals surface area contributed by atoms with Crippen molar-refractivity contribution in [1.29, 1.82) is 0 Å². The molecule has 100 valence electrons. The van der Waals surface area contributed by atoms with Crippen LogP contribution in [0.2, 0.25) is 0 Å². The maximum absolute atomic E-state index is 13.7. The molecule has 0 amide bonds. The molecule has 0 fully saturated rings. The van der Waals surface area contributed by atoms with Crippen LogP contribution in [0.15, 0.2) is 34.9 Å². The molecule has 1 aromatic heterocycles. The molecular formula is C13H12F2N2OS. The number of halogens is 2. The molecule has 2 aromatic rings. The molecule has 3 nitrogen and oxygen atoms in total. The van der Waals surface area contributed by atoms with Gasteiger partial charge in [-0.25, -0.2) is 8.78 Å². The Bertz CT molecular complexity index is 585. The first kappa shape index (κ1) is 13.5. The van der Waals surface area contributed by atoms with Gasteiger partial charge < -0.3 is 15.5 Å². The van der Waals surface area contributed by atoms with E-state index < -0.39 is 11.6 Å². The molecule has 0 radical (unpaired) electrons. The van der Waals surface area contributed by atoms with E-state index >= 15 is 0 Å². The largest absolute Gasteiger partial charge is 0.469 e.